The Morgan fingerprint density at radius 2 is 1.92 bits per heavy atom. The standard InChI is InChI=1S/C16H14ClN3O5/c1-18-12-5-3-2-4-11(12)16(22)25-9-15(21)19-13-7-6-10(17)8-14(13)20(23)24/h2-8,18H,9H2,1H3,(H,19,21). The lowest BCUT2D eigenvalue weighted by atomic mass is 10.2. The summed E-state index contributed by atoms with van der Waals surface area (Å²) in [6, 6.07) is 10.5. The second-order valence-corrected chi connectivity index (χ2v) is 5.27. The van der Waals surface area contributed by atoms with Crippen LogP contribution in [0.3, 0.4) is 0 Å². The number of halogens is 1. The lowest BCUT2D eigenvalue weighted by Gasteiger charge is -2.09. The minimum Gasteiger partial charge on any atom is -0.452 e. The fourth-order valence-electron chi connectivity index (χ4n) is 2.04. The molecule has 8 nitrogen and oxygen atoms in total. The highest BCUT2D eigenvalue weighted by molar-refractivity contribution is 6.31. The van der Waals surface area contributed by atoms with Gasteiger partial charge in [0.1, 0.15) is 5.69 Å². The number of hydrogen-bond donors (Lipinski definition) is 2. The molecule has 0 radical (unpaired) electrons. The van der Waals surface area contributed by atoms with Crippen molar-refractivity contribution in [3.63, 3.8) is 0 Å². The Morgan fingerprint density at radius 1 is 1.20 bits per heavy atom. The minimum atomic E-state index is -0.708. The van der Waals surface area contributed by atoms with Gasteiger partial charge in [-0.2, -0.15) is 0 Å². The zero-order valence-electron chi connectivity index (χ0n) is 13.1. The molecular formula is C16H14ClN3O5. The number of ether oxygens (including phenoxy) is 1. The molecule has 130 valence electrons. The van der Waals surface area contributed by atoms with E-state index in [2.05, 4.69) is 10.6 Å². The van der Waals surface area contributed by atoms with Crippen LogP contribution in [0.4, 0.5) is 17.1 Å². The first-order chi connectivity index (χ1) is 11.9. The highest BCUT2D eigenvalue weighted by atomic mass is 35.5. The van der Waals surface area contributed by atoms with Crippen molar-refractivity contribution in [2.75, 3.05) is 24.3 Å². The number of para-hydroxylation sites is 1. The number of carbonyl (C=O) groups excluding carboxylic acids is 2. The highest BCUT2D eigenvalue weighted by Gasteiger charge is 2.18. The average molecular weight is 364 g/mol. The molecule has 2 aromatic rings. The normalized spacial score (nSPS) is 10.0. The fourth-order valence-corrected chi connectivity index (χ4v) is 2.20. The fraction of sp³-hybridized carbons (Fsp3) is 0.125. The van der Waals surface area contributed by atoms with Gasteiger partial charge in [-0.15, -0.1) is 0 Å². The lowest BCUT2D eigenvalue weighted by molar-refractivity contribution is -0.383. The van der Waals surface area contributed by atoms with Crippen LogP contribution in [0.15, 0.2) is 42.5 Å². The van der Waals surface area contributed by atoms with Crippen molar-refractivity contribution in [1.82, 2.24) is 0 Å². The Bertz CT molecular complexity index is 825. The maximum Gasteiger partial charge on any atom is 0.340 e. The summed E-state index contributed by atoms with van der Waals surface area (Å²) in [5.74, 6) is -1.40. The average Bonchev–Trinajstić information content (AvgIpc) is 2.61. The van der Waals surface area contributed by atoms with Crippen LogP contribution in [0, 0.1) is 10.1 Å². The monoisotopic (exact) mass is 363 g/mol. The van der Waals surface area contributed by atoms with Crippen LogP contribution in [0.5, 0.6) is 0 Å². The highest BCUT2D eigenvalue weighted by Crippen LogP contribution is 2.27. The lowest BCUT2D eigenvalue weighted by Crippen LogP contribution is -2.21. The molecule has 0 saturated heterocycles. The van der Waals surface area contributed by atoms with Crippen molar-refractivity contribution in [2.24, 2.45) is 0 Å². The summed E-state index contributed by atoms with van der Waals surface area (Å²) in [7, 11) is 1.65. The number of esters is 1. The zero-order chi connectivity index (χ0) is 18.4. The van der Waals surface area contributed by atoms with Gasteiger partial charge in [0.15, 0.2) is 6.61 Å². The molecule has 1 amide bonds. The van der Waals surface area contributed by atoms with E-state index in [1.807, 2.05) is 0 Å². The molecule has 0 unspecified atom stereocenters. The molecule has 0 aliphatic rings. The quantitative estimate of drug-likeness (QED) is 0.463. The minimum absolute atomic E-state index is 0.0360. The smallest absolute Gasteiger partial charge is 0.340 e. The van der Waals surface area contributed by atoms with E-state index in [-0.39, 0.29) is 22.0 Å². The summed E-state index contributed by atoms with van der Waals surface area (Å²) >= 11 is 5.70. The molecule has 0 aliphatic heterocycles. The maximum atomic E-state index is 12.0. The maximum absolute atomic E-state index is 12.0. The Kier molecular flexibility index (Phi) is 5.91. The van der Waals surface area contributed by atoms with E-state index >= 15 is 0 Å². The summed E-state index contributed by atoms with van der Waals surface area (Å²) in [5.41, 5.74) is 0.440. The van der Waals surface area contributed by atoms with Crippen LogP contribution in [0.25, 0.3) is 0 Å². The molecule has 2 N–H and O–H groups in total. The van der Waals surface area contributed by atoms with Crippen LogP contribution in [0.2, 0.25) is 5.02 Å². The summed E-state index contributed by atoms with van der Waals surface area (Å²) in [5, 5.41) is 16.3. The third-order valence-corrected chi connectivity index (χ3v) is 3.42. The summed E-state index contributed by atoms with van der Waals surface area (Å²) in [6.45, 7) is -0.587. The number of nitro groups is 1. The molecule has 0 bridgehead atoms. The molecule has 0 spiro atoms. The number of nitro benzene ring substituents is 1. The molecule has 25 heavy (non-hydrogen) atoms. The number of anilines is 2. The molecule has 2 aromatic carbocycles. The molecule has 9 heteroatoms. The van der Waals surface area contributed by atoms with Crippen LogP contribution in [0.1, 0.15) is 10.4 Å². The van der Waals surface area contributed by atoms with Gasteiger partial charge in [0.25, 0.3) is 11.6 Å². The number of nitrogens with one attached hydrogen (secondary N) is 2. The van der Waals surface area contributed by atoms with Crippen molar-refractivity contribution in [1.29, 1.82) is 0 Å². The first-order valence-electron chi connectivity index (χ1n) is 7.10. The zero-order valence-corrected chi connectivity index (χ0v) is 13.9. The summed E-state index contributed by atoms with van der Waals surface area (Å²) < 4.78 is 4.94. The van der Waals surface area contributed by atoms with Gasteiger partial charge < -0.3 is 15.4 Å². The van der Waals surface area contributed by atoms with Crippen molar-refractivity contribution in [3.8, 4) is 0 Å². The number of carbonyl (C=O) groups is 2. The van der Waals surface area contributed by atoms with E-state index < -0.39 is 23.4 Å². The number of amides is 1. The van der Waals surface area contributed by atoms with Gasteiger partial charge in [-0.05, 0) is 24.3 Å². The molecule has 0 fully saturated rings. The third-order valence-electron chi connectivity index (χ3n) is 3.18. The predicted octanol–water partition coefficient (Wildman–Crippen LogP) is 3.09. The van der Waals surface area contributed by atoms with Gasteiger partial charge >= 0.3 is 5.97 Å². The SMILES string of the molecule is CNc1ccccc1C(=O)OCC(=O)Nc1ccc(Cl)cc1[N+](=O)[O-]. The molecule has 0 atom stereocenters. The van der Waals surface area contributed by atoms with E-state index in [9.17, 15) is 19.7 Å². The molecule has 0 aromatic heterocycles. The Balaban J connectivity index is 2.02. The van der Waals surface area contributed by atoms with E-state index in [0.717, 1.165) is 6.07 Å². The predicted molar refractivity (Wildman–Crippen MR) is 93.0 cm³/mol. The summed E-state index contributed by atoms with van der Waals surface area (Å²) in [6.07, 6.45) is 0. The Labute approximate surface area is 147 Å². The van der Waals surface area contributed by atoms with Crippen LogP contribution in [-0.2, 0) is 9.53 Å². The van der Waals surface area contributed by atoms with Crippen molar-refractivity contribution >= 4 is 40.5 Å². The molecule has 2 rings (SSSR count). The van der Waals surface area contributed by atoms with Gasteiger partial charge in [-0.1, -0.05) is 23.7 Å². The topological polar surface area (TPSA) is 111 Å². The first-order valence-corrected chi connectivity index (χ1v) is 7.48. The van der Waals surface area contributed by atoms with Gasteiger partial charge in [-0.25, -0.2) is 4.79 Å². The molecular weight excluding hydrogens is 350 g/mol. The van der Waals surface area contributed by atoms with Crippen LogP contribution in [-0.4, -0.2) is 30.5 Å². The van der Waals surface area contributed by atoms with Crippen molar-refractivity contribution < 1.29 is 19.2 Å². The Morgan fingerprint density at radius 3 is 2.60 bits per heavy atom. The second kappa shape index (κ2) is 8.11. The van der Waals surface area contributed by atoms with Crippen molar-refractivity contribution in [3.05, 3.63) is 63.2 Å². The summed E-state index contributed by atoms with van der Waals surface area (Å²) in [4.78, 5) is 34.2. The molecule has 0 aliphatic carbocycles. The molecule has 0 saturated carbocycles. The third kappa shape index (κ3) is 4.67. The van der Waals surface area contributed by atoms with E-state index in [4.69, 9.17) is 16.3 Å². The van der Waals surface area contributed by atoms with E-state index in [0.29, 0.717) is 5.69 Å². The van der Waals surface area contributed by atoms with Crippen LogP contribution >= 0.6 is 11.6 Å². The Hall–Kier alpha value is -3.13. The van der Waals surface area contributed by atoms with Gasteiger partial charge in [-0.3, -0.25) is 14.9 Å². The second-order valence-electron chi connectivity index (χ2n) is 4.84. The number of hydrogen-bond acceptors (Lipinski definition) is 6. The van der Waals surface area contributed by atoms with Gasteiger partial charge in [0, 0.05) is 23.8 Å². The number of benzene rings is 2. The van der Waals surface area contributed by atoms with Crippen molar-refractivity contribution in [2.45, 2.75) is 0 Å². The number of nitrogens with zero attached hydrogens (tertiary/aromatic N) is 1. The van der Waals surface area contributed by atoms with Gasteiger partial charge in [0.05, 0.1) is 10.5 Å². The largest absolute Gasteiger partial charge is 0.452 e. The van der Waals surface area contributed by atoms with E-state index in [1.54, 1.807) is 31.3 Å². The molecule has 0 heterocycles. The first kappa shape index (κ1) is 18.2. The van der Waals surface area contributed by atoms with Gasteiger partial charge in [0.2, 0.25) is 0 Å². The van der Waals surface area contributed by atoms with Crippen LogP contribution < -0.4 is 10.6 Å². The van der Waals surface area contributed by atoms with E-state index in [1.165, 1.54) is 12.1 Å². The number of rotatable bonds is 6.